The quantitative estimate of drug-likeness (QED) is 0.830. The molecule has 1 unspecified atom stereocenters. The molecule has 0 radical (unpaired) electrons. The fraction of sp³-hybridized carbons (Fsp3) is 0.417. The Bertz CT molecular complexity index is 643. The van der Waals surface area contributed by atoms with Crippen LogP contribution in [0.3, 0.4) is 0 Å². The molecule has 1 heterocycles. The molecule has 0 saturated carbocycles. The molecular formula is C12H11ClF3NO3S. The fourth-order valence-electron chi connectivity index (χ4n) is 2.21. The highest BCUT2D eigenvalue weighted by molar-refractivity contribution is 7.91. The Balaban J connectivity index is 2.40. The van der Waals surface area contributed by atoms with Gasteiger partial charge in [-0.15, -0.1) is 0 Å². The van der Waals surface area contributed by atoms with Crippen LogP contribution in [0.15, 0.2) is 24.3 Å². The molecule has 4 nitrogen and oxygen atoms in total. The van der Waals surface area contributed by atoms with Gasteiger partial charge in [0.25, 0.3) is 0 Å². The molecule has 2 rings (SSSR count). The number of rotatable bonds is 2. The summed E-state index contributed by atoms with van der Waals surface area (Å²) in [5.41, 5.74) is -0.0242. The van der Waals surface area contributed by atoms with E-state index in [0.29, 0.717) is 9.92 Å². The molecule has 0 aromatic heterocycles. The summed E-state index contributed by atoms with van der Waals surface area (Å²) in [6, 6.07) is 4.19. The van der Waals surface area contributed by atoms with Crippen molar-refractivity contribution >= 4 is 33.0 Å². The summed E-state index contributed by atoms with van der Waals surface area (Å²) >= 11 is 5.67. The zero-order valence-electron chi connectivity index (χ0n) is 10.6. The predicted octanol–water partition coefficient (Wildman–Crippen LogP) is 2.42. The van der Waals surface area contributed by atoms with Crippen LogP contribution in [0.25, 0.3) is 0 Å². The maximum atomic E-state index is 12.7. The topological polar surface area (TPSA) is 54.5 Å². The van der Waals surface area contributed by atoms with E-state index in [1.54, 1.807) is 0 Å². The molecule has 0 bridgehead atoms. The van der Waals surface area contributed by atoms with Gasteiger partial charge in [-0.3, -0.25) is 4.79 Å². The summed E-state index contributed by atoms with van der Waals surface area (Å²) in [6.07, 6.45) is -5.10. The van der Waals surface area contributed by atoms with Crippen LogP contribution in [0, 0.1) is 0 Å². The van der Waals surface area contributed by atoms with Gasteiger partial charge in [-0.25, -0.2) is 8.42 Å². The maximum absolute atomic E-state index is 12.7. The Kier molecular flexibility index (Phi) is 4.21. The predicted molar refractivity (Wildman–Crippen MR) is 72.1 cm³/mol. The summed E-state index contributed by atoms with van der Waals surface area (Å²) in [6.45, 7) is 0. The summed E-state index contributed by atoms with van der Waals surface area (Å²) in [5, 5.41) is 0.303. The van der Waals surface area contributed by atoms with Crippen LogP contribution in [-0.2, 0) is 14.6 Å². The van der Waals surface area contributed by atoms with Crippen LogP contribution in [-0.4, -0.2) is 38.0 Å². The van der Waals surface area contributed by atoms with E-state index in [0.717, 1.165) is 0 Å². The molecule has 21 heavy (non-hydrogen) atoms. The molecular weight excluding hydrogens is 331 g/mol. The largest absolute Gasteiger partial charge is 0.471 e. The fourth-order valence-corrected chi connectivity index (χ4v) is 4.04. The van der Waals surface area contributed by atoms with E-state index >= 15 is 0 Å². The molecule has 0 aliphatic carbocycles. The summed E-state index contributed by atoms with van der Waals surface area (Å²) in [4.78, 5) is 12.1. The second kappa shape index (κ2) is 5.49. The van der Waals surface area contributed by atoms with Gasteiger partial charge in [0.2, 0.25) is 0 Å². The molecule has 1 fully saturated rings. The van der Waals surface area contributed by atoms with Crippen molar-refractivity contribution in [3.63, 3.8) is 0 Å². The van der Waals surface area contributed by atoms with Crippen LogP contribution in [0.5, 0.6) is 0 Å². The molecule has 1 saturated heterocycles. The minimum Gasteiger partial charge on any atom is -0.300 e. The van der Waals surface area contributed by atoms with Gasteiger partial charge in [-0.05, 0) is 30.7 Å². The Hall–Kier alpha value is -1.28. The highest BCUT2D eigenvalue weighted by atomic mass is 35.5. The van der Waals surface area contributed by atoms with Crippen molar-refractivity contribution in [2.24, 2.45) is 0 Å². The van der Waals surface area contributed by atoms with E-state index in [1.807, 2.05) is 0 Å². The number of nitrogens with zero attached hydrogens (tertiary/aromatic N) is 1. The molecule has 1 amide bonds. The monoisotopic (exact) mass is 341 g/mol. The number of carbonyl (C=O) groups is 1. The lowest BCUT2D eigenvalue weighted by molar-refractivity contribution is -0.170. The minimum atomic E-state index is -5.08. The van der Waals surface area contributed by atoms with Gasteiger partial charge < -0.3 is 4.90 Å². The second-order valence-electron chi connectivity index (χ2n) is 4.71. The Morgan fingerprint density at radius 3 is 2.24 bits per heavy atom. The van der Waals surface area contributed by atoms with Crippen molar-refractivity contribution in [1.82, 2.24) is 0 Å². The molecule has 1 aliphatic rings. The third kappa shape index (κ3) is 3.68. The Morgan fingerprint density at radius 2 is 1.81 bits per heavy atom. The highest BCUT2D eigenvalue weighted by Crippen LogP contribution is 2.30. The number of amides is 1. The molecule has 0 spiro atoms. The second-order valence-corrected chi connectivity index (χ2v) is 7.37. The van der Waals surface area contributed by atoms with Gasteiger partial charge in [0.05, 0.1) is 17.5 Å². The van der Waals surface area contributed by atoms with Gasteiger partial charge in [-0.2, -0.15) is 13.2 Å². The number of benzene rings is 1. The summed E-state index contributed by atoms with van der Waals surface area (Å²) in [7, 11) is -3.42. The summed E-state index contributed by atoms with van der Waals surface area (Å²) < 4.78 is 61.2. The normalized spacial score (nSPS) is 21.2. The van der Waals surface area contributed by atoms with Crippen molar-refractivity contribution in [2.45, 2.75) is 18.6 Å². The molecule has 116 valence electrons. The van der Waals surface area contributed by atoms with Crippen LogP contribution in [0.2, 0.25) is 5.02 Å². The smallest absolute Gasteiger partial charge is 0.300 e. The van der Waals surface area contributed by atoms with E-state index in [2.05, 4.69) is 0 Å². The van der Waals surface area contributed by atoms with Crippen molar-refractivity contribution in [2.75, 3.05) is 16.4 Å². The van der Waals surface area contributed by atoms with Crippen molar-refractivity contribution < 1.29 is 26.4 Å². The van der Waals surface area contributed by atoms with Crippen LogP contribution in [0.4, 0.5) is 18.9 Å². The first-order chi connectivity index (χ1) is 9.60. The lowest BCUT2D eigenvalue weighted by atomic mass is 10.1. The number of anilines is 1. The summed E-state index contributed by atoms with van der Waals surface area (Å²) in [5.74, 6) is -2.78. The first-order valence-electron chi connectivity index (χ1n) is 5.96. The van der Waals surface area contributed by atoms with Crippen molar-refractivity contribution in [1.29, 1.82) is 0 Å². The maximum Gasteiger partial charge on any atom is 0.471 e. The average Bonchev–Trinajstić information content (AvgIpc) is 2.71. The van der Waals surface area contributed by atoms with E-state index < -0.39 is 33.7 Å². The van der Waals surface area contributed by atoms with Crippen molar-refractivity contribution in [3.8, 4) is 0 Å². The number of alkyl halides is 3. The van der Waals surface area contributed by atoms with E-state index in [4.69, 9.17) is 11.6 Å². The standard InChI is InChI=1S/C12H11ClF3NO3S/c13-8-1-3-9(4-2-8)17(11(18)12(14,15)16)10-5-6-21(19,20)7-10/h1-4,10H,5-7H2. The third-order valence-corrected chi connectivity index (χ3v) is 5.14. The lowest BCUT2D eigenvalue weighted by Gasteiger charge is -2.29. The SMILES string of the molecule is O=C(N(c1ccc(Cl)cc1)C1CCS(=O)(=O)C1)C(F)(F)F. The van der Waals surface area contributed by atoms with Gasteiger partial charge in [0, 0.05) is 10.7 Å². The van der Waals surface area contributed by atoms with Crippen LogP contribution >= 0.6 is 11.6 Å². The first-order valence-corrected chi connectivity index (χ1v) is 8.16. The van der Waals surface area contributed by atoms with Gasteiger partial charge in [-0.1, -0.05) is 11.6 Å². The van der Waals surface area contributed by atoms with Gasteiger partial charge in [0.15, 0.2) is 9.84 Å². The molecule has 9 heteroatoms. The Labute approximate surface area is 124 Å². The number of sulfone groups is 1. The third-order valence-electron chi connectivity index (χ3n) is 3.14. The molecule has 1 atom stereocenters. The van der Waals surface area contributed by atoms with E-state index in [9.17, 15) is 26.4 Å². The van der Waals surface area contributed by atoms with Crippen LogP contribution < -0.4 is 4.90 Å². The highest BCUT2D eigenvalue weighted by Gasteiger charge is 2.47. The number of hydrogen-bond donors (Lipinski definition) is 0. The number of carbonyl (C=O) groups excluding carboxylic acids is 1. The first kappa shape index (κ1) is 16.1. The number of hydrogen-bond acceptors (Lipinski definition) is 3. The lowest BCUT2D eigenvalue weighted by Crippen LogP contribution is -2.48. The van der Waals surface area contributed by atoms with Crippen molar-refractivity contribution in [3.05, 3.63) is 29.3 Å². The molecule has 0 N–H and O–H groups in total. The zero-order chi connectivity index (χ0) is 15.8. The van der Waals surface area contributed by atoms with Gasteiger partial charge >= 0.3 is 12.1 Å². The zero-order valence-corrected chi connectivity index (χ0v) is 12.2. The molecule has 1 aromatic rings. The van der Waals surface area contributed by atoms with E-state index in [-0.39, 0.29) is 17.9 Å². The molecule has 1 aliphatic heterocycles. The number of halogens is 4. The minimum absolute atomic E-state index is 0.0211. The average molecular weight is 342 g/mol. The van der Waals surface area contributed by atoms with E-state index in [1.165, 1.54) is 24.3 Å². The van der Waals surface area contributed by atoms with Crippen LogP contribution in [0.1, 0.15) is 6.42 Å². The van der Waals surface area contributed by atoms with Gasteiger partial charge in [0.1, 0.15) is 0 Å². The molecule has 1 aromatic carbocycles. The Morgan fingerprint density at radius 1 is 1.24 bits per heavy atom.